The van der Waals surface area contributed by atoms with E-state index in [9.17, 15) is 4.79 Å². The third kappa shape index (κ3) is 2.07. The van der Waals surface area contributed by atoms with Crippen LogP contribution in [0.4, 0.5) is 0 Å². The summed E-state index contributed by atoms with van der Waals surface area (Å²) in [6.07, 6.45) is 1.39. The highest BCUT2D eigenvalue weighted by atomic mass is 35.5. The summed E-state index contributed by atoms with van der Waals surface area (Å²) >= 11 is 6.10. The lowest BCUT2D eigenvalue weighted by Gasteiger charge is -2.13. The van der Waals surface area contributed by atoms with E-state index >= 15 is 0 Å². The molecule has 1 aromatic carbocycles. The second-order valence-electron chi connectivity index (χ2n) is 3.55. The first-order valence-electron chi connectivity index (χ1n) is 4.83. The standard InChI is InChI=1S/C11H12ClNO2/c1-15-7-2-3-8(9(12)6-7)10-4-5-11(14)13-10/h2-3,6,10H,4-5H2,1H3,(H,13,14). The number of methoxy groups -OCH3 is 1. The predicted molar refractivity (Wildman–Crippen MR) is 58.1 cm³/mol. The molecule has 0 radical (unpaired) electrons. The minimum absolute atomic E-state index is 0.0518. The Morgan fingerprint density at radius 3 is 2.87 bits per heavy atom. The Balaban J connectivity index is 2.25. The number of ether oxygens (including phenoxy) is 1. The largest absolute Gasteiger partial charge is 0.497 e. The lowest BCUT2D eigenvalue weighted by molar-refractivity contribution is -0.119. The van der Waals surface area contributed by atoms with E-state index in [1.165, 1.54) is 0 Å². The van der Waals surface area contributed by atoms with Crippen LogP contribution in [0.1, 0.15) is 24.4 Å². The van der Waals surface area contributed by atoms with Gasteiger partial charge in [-0.15, -0.1) is 0 Å². The Morgan fingerprint density at radius 2 is 2.33 bits per heavy atom. The molecule has 1 N–H and O–H groups in total. The molecule has 1 saturated heterocycles. The third-order valence-corrected chi connectivity index (χ3v) is 2.91. The Morgan fingerprint density at radius 1 is 1.53 bits per heavy atom. The SMILES string of the molecule is COc1ccc(C2CCC(=O)N2)c(Cl)c1. The van der Waals surface area contributed by atoms with Crippen LogP contribution in [0.15, 0.2) is 18.2 Å². The summed E-state index contributed by atoms with van der Waals surface area (Å²) in [5.41, 5.74) is 0.961. The van der Waals surface area contributed by atoms with Gasteiger partial charge in [-0.3, -0.25) is 4.79 Å². The number of nitrogens with one attached hydrogen (secondary N) is 1. The van der Waals surface area contributed by atoms with E-state index in [2.05, 4.69) is 5.32 Å². The number of hydrogen-bond donors (Lipinski definition) is 1. The van der Waals surface area contributed by atoms with E-state index in [4.69, 9.17) is 16.3 Å². The zero-order chi connectivity index (χ0) is 10.8. The molecule has 0 aromatic heterocycles. The molecule has 1 aliphatic rings. The molecule has 80 valence electrons. The molecule has 1 atom stereocenters. The maximum absolute atomic E-state index is 11.1. The van der Waals surface area contributed by atoms with Crippen LogP contribution in [-0.4, -0.2) is 13.0 Å². The zero-order valence-corrected chi connectivity index (χ0v) is 9.17. The van der Waals surface area contributed by atoms with Crippen LogP contribution in [0.2, 0.25) is 5.02 Å². The predicted octanol–water partition coefficient (Wildman–Crippen LogP) is 2.30. The molecule has 3 nitrogen and oxygen atoms in total. The molecular weight excluding hydrogens is 214 g/mol. The van der Waals surface area contributed by atoms with Crippen molar-refractivity contribution in [3.05, 3.63) is 28.8 Å². The van der Waals surface area contributed by atoms with Crippen molar-refractivity contribution in [2.75, 3.05) is 7.11 Å². The van der Waals surface area contributed by atoms with Crippen LogP contribution >= 0.6 is 11.6 Å². The number of hydrogen-bond acceptors (Lipinski definition) is 2. The monoisotopic (exact) mass is 225 g/mol. The van der Waals surface area contributed by atoms with Crippen molar-refractivity contribution in [1.82, 2.24) is 5.32 Å². The first-order chi connectivity index (χ1) is 7.20. The van der Waals surface area contributed by atoms with Gasteiger partial charge < -0.3 is 10.1 Å². The van der Waals surface area contributed by atoms with Gasteiger partial charge in [0.05, 0.1) is 13.2 Å². The zero-order valence-electron chi connectivity index (χ0n) is 8.42. The molecule has 1 amide bonds. The average molecular weight is 226 g/mol. The Hall–Kier alpha value is -1.22. The van der Waals surface area contributed by atoms with E-state index in [1.807, 2.05) is 12.1 Å². The average Bonchev–Trinajstić information content (AvgIpc) is 2.64. The van der Waals surface area contributed by atoms with E-state index in [0.717, 1.165) is 17.7 Å². The quantitative estimate of drug-likeness (QED) is 0.839. The highest BCUT2D eigenvalue weighted by Gasteiger charge is 2.23. The number of carbonyl (C=O) groups excluding carboxylic acids is 1. The second kappa shape index (κ2) is 4.11. The van der Waals surface area contributed by atoms with Gasteiger partial charge in [0, 0.05) is 11.4 Å². The normalized spacial score (nSPS) is 20.1. The molecule has 1 fully saturated rings. The van der Waals surface area contributed by atoms with Gasteiger partial charge in [-0.2, -0.15) is 0 Å². The number of amides is 1. The van der Waals surface area contributed by atoms with Crippen molar-refractivity contribution < 1.29 is 9.53 Å². The molecule has 2 rings (SSSR count). The Bertz CT molecular complexity index is 392. The maximum Gasteiger partial charge on any atom is 0.220 e. The summed E-state index contributed by atoms with van der Waals surface area (Å²) < 4.78 is 5.06. The van der Waals surface area contributed by atoms with Crippen LogP contribution in [0.3, 0.4) is 0 Å². The van der Waals surface area contributed by atoms with Gasteiger partial charge >= 0.3 is 0 Å². The number of benzene rings is 1. The van der Waals surface area contributed by atoms with Crippen LogP contribution in [-0.2, 0) is 4.79 Å². The van der Waals surface area contributed by atoms with Gasteiger partial charge in [0.25, 0.3) is 0 Å². The summed E-state index contributed by atoms with van der Waals surface area (Å²) in [5.74, 6) is 0.819. The van der Waals surface area contributed by atoms with Crippen molar-refractivity contribution in [3.63, 3.8) is 0 Å². The molecule has 1 heterocycles. The topological polar surface area (TPSA) is 38.3 Å². The molecule has 0 saturated carbocycles. The van der Waals surface area contributed by atoms with E-state index in [1.54, 1.807) is 13.2 Å². The van der Waals surface area contributed by atoms with Gasteiger partial charge in [0.1, 0.15) is 5.75 Å². The van der Waals surface area contributed by atoms with Crippen molar-refractivity contribution in [2.24, 2.45) is 0 Å². The lowest BCUT2D eigenvalue weighted by Crippen LogP contribution is -2.18. The van der Waals surface area contributed by atoms with Crippen molar-refractivity contribution in [3.8, 4) is 5.75 Å². The van der Waals surface area contributed by atoms with Crippen LogP contribution in [0.5, 0.6) is 5.75 Å². The molecule has 1 aliphatic heterocycles. The summed E-state index contributed by atoms with van der Waals surface area (Å²) in [5, 5.41) is 3.52. The molecular formula is C11H12ClNO2. The maximum atomic E-state index is 11.1. The van der Waals surface area contributed by atoms with E-state index in [0.29, 0.717) is 11.4 Å². The molecule has 0 spiro atoms. The summed E-state index contributed by atoms with van der Waals surface area (Å²) in [7, 11) is 1.60. The fourth-order valence-corrected chi connectivity index (χ4v) is 2.07. The first-order valence-corrected chi connectivity index (χ1v) is 5.21. The number of rotatable bonds is 2. The Labute approximate surface area is 93.4 Å². The number of halogens is 1. The highest BCUT2D eigenvalue weighted by molar-refractivity contribution is 6.31. The van der Waals surface area contributed by atoms with Gasteiger partial charge in [0.15, 0.2) is 0 Å². The van der Waals surface area contributed by atoms with Crippen LogP contribution < -0.4 is 10.1 Å². The molecule has 1 aromatic rings. The molecule has 0 bridgehead atoms. The summed E-state index contributed by atoms with van der Waals surface area (Å²) in [6.45, 7) is 0. The van der Waals surface area contributed by atoms with E-state index in [-0.39, 0.29) is 11.9 Å². The summed E-state index contributed by atoms with van der Waals surface area (Å²) in [6, 6.07) is 5.57. The molecule has 4 heteroatoms. The van der Waals surface area contributed by atoms with Crippen LogP contribution in [0.25, 0.3) is 0 Å². The smallest absolute Gasteiger partial charge is 0.220 e. The van der Waals surface area contributed by atoms with Gasteiger partial charge in [-0.05, 0) is 24.1 Å². The first kappa shape index (κ1) is 10.3. The second-order valence-corrected chi connectivity index (χ2v) is 3.95. The van der Waals surface area contributed by atoms with Crippen molar-refractivity contribution in [2.45, 2.75) is 18.9 Å². The molecule has 1 unspecified atom stereocenters. The summed E-state index contributed by atoms with van der Waals surface area (Å²) in [4.78, 5) is 11.1. The fourth-order valence-electron chi connectivity index (χ4n) is 1.76. The molecule has 0 aliphatic carbocycles. The van der Waals surface area contributed by atoms with Gasteiger partial charge in [-0.1, -0.05) is 17.7 Å². The fraction of sp³-hybridized carbons (Fsp3) is 0.364. The Kier molecular flexibility index (Phi) is 2.82. The minimum Gasteiger partial charge on any atom is -0.497 e. The van der Waals surface area contributed by atoms with Gasteiger partial charge in [0.2, 0.25) is 5.91 Å². The molecule has 15 heavy (non-hydrogen) atoms. The van der Waals surface area contributed by atoms with E-state index < -0.39 is 0 Å². The minimum atomic E-state index is 0.0518. The van der Waals surface area contributed by atoms with Crippen LogP contribution in [0, 0.1) is 0 Å². The van der Waals surface area contributed by atoms with Crippen molar-refractivity contribution in [1.29, 1.82) is 0 Å². The third-order valence-electron chi connectivity index (χ3n) is 2.58. The lowest BCUT2D eigenvalue weighted by atomic mass is 10.1. The highest BCUT2D eigenvalue weighted by Crippen LogP contribution is 2.31. The van der Waals surface area contributed by atoms with Crippen molar-refractivity contribution >= 4 is 17.5 Å². The number of carbonyl (C=O) groups is 1. The van der Waals surface area contributed by atoms with Gasteiger partial charge in [-0.25, -0.2) is 0 Å².